The number of carbonyl (C=O) groups is 3. The standard InChI is InChI=1S/C19H19NO5/c1-13-10-15(8-9-16(13)18(22)24-2)17(21)11-20-19(23)25-12-14-6-4-3-5-7-14/h3-10H,11-12H2,1-2H3,(H,20,23). The van der Waals surface area contributed by atoms with Crippen LogP contribution in [0.5, 0.6) is 0 Å². The summed E-state index contributed by atoms with van der Waals surface area (Å²) in [5.41, 5.74) is 2.28. The number of carbonyl (C=O) groups excluding carboxylic acids is 3. The number of alkyl carbamates (subject to hydrolysis) is 1. The maximum Gasteiger partial charge on any atom is 0.407 e. The molecular weight excluding hydrogens is 322 g/mol. The SMILES string of the molecule is COC(=O)c1ccc(C(=O)CNC(=O)OCc2ccccc2)cc1C. The third-order valence-electron chi connectivity index (χ3n) is 3.56. The zero-order chi connectivity index (χ0) is 18.2. The lowest BCUT2D eigenvalue weighted by atomic mass is 10.0. The molecule has 0 aromatic heterocycles. The second-order valence-electron chi connectivity index (χ2n) is 5.36. The normalized spacial score (nSPS) is 10.0. The van der Waals surface area contributed by atoms with Crippen molar-refractivity contribution in [3.05, 3.63) is 70.8 Å². The summed E-state index contributed by atoms with van der Waals surface area (Å²) in [6.45, 7) is 1.66. The Morgan fingerprint density at radius 1 is 1.04 bits per heavy atom. The molecule has 0 unspecified atom stereocenters. The van der Waals surface area contributed by atoms with Crippen LogP contribution < -0.4 is 5.32 Å². The number of benzene rings is 2. The average Bonchev–Trinajstić information content (AvgIpc) is 2.64. The molecule has 6 nitrogen and oxygen atoms in total. The van der Waals surface area contributed by atoms with Crippen LogP contribution in [-0.2, 0) is 16.1 Å². The Morgan fingerprint density at radius 3 is 2.40 bits per heavy atom. The third kappa shape index (κ3) is 5.17. The van der Waals surface area contributed by atoms with Crippen molar-refractivity contribution in [1.82, 2.24) is 5.32 Å². The van der Waals surface area contributed by atoms with Gasteiger partial charge in [-0.1, -0.05) is 36.4 Å². The summed E-state index contributed by atoms with van der Waals surface area (Å²) < 4.78 is 9.70. The van der Waals surface area contributed by atoms with E-state index in [1.165, 1.54) is 19.2 Å². The fraction of sp³-hybridized carbons (Fsp3) is 0.211. The largest absolute Gasteiger partial charge is 0.465 e. The van der Waals surface area contributed by atoms with Crippen molar-refractivity contribution >= 4 is 17.8 Å². The molecule has 0 saturated heterocycles. The molecular formula is C19H19NO5. The van der Waals surface area contributed by atoms with Crippen LogP contribution in [0.15, 0.2) is 48.5 Å². The second kappa shape index (κ2) is 8.63. The molecule has 0 saturated carbocycles. The lowest BCUT2D eigenvalue weighted by molar-refractivity contribution is 0.0599. The lowest BCUT2D eigenvalue weighted by Crippen LogP contribution is -2.30. The van der Waals surface area contributed by atoms with Crippen molar-refractivity contribution < 1.29 is 23.9 Å². The molecule has 1 N–H and O–H groups in total. The fourth-order valence-electron chi connectivity index (χ4n) is 2.20. The van der Waals surface area contributed by atoms with Crippen molar-refractivity contribution in [1.29, 1.82) is 0 Å². The van der Waals surface area contributed by atoms with Crippen LogP contribution >= 0.6 is 0 Å². The number of hydrogen-bond donors (Lipinski definition) is 1. The number of methoxy groups -OCH3 is 1. The molecule has 6 heteroatoms. The van der Waals surface area contributed by atoms with Crippen LogP contribution in [0.25, 0.3) is 0 Å². The van der Waals surface area contributed by atoms with Gasteiger partial charge in [-0.2, -0.15) is 0 Å². The Balaban J connectivity index is 1.86. The number of amides is 1. The monoisotopic (exact) mass is 341 g/mol. The minimum atomic E-state index is -0.667. The van der Waals surface area contributed by atoms with Gasteiger partial charge in [-0.05, 0) is 30.2 Å². The van der Waals surface area contributed by atoms with E-state index in [1.54, 1.807) is 13.0 Å². The highest BCUT2D eigenvalue weighted by Crippen LogP contribution is 2.12. The number of ether oxygens (including phenoxy) is 2. The molecule has 0 fully saturated rings. The van der Waals surface area contributed by atoms with E-state index < -0.39 is 12.1 Å². The average molecular weight is 341 g/mol. The Labute approximate surface area is 145 Å². The van der Waals surface area contributed by atoms with Gasteiger partial charge in [-0.15, -0.1) is 0 Å². The number of esters is 1. The van der Waals surface area contributed by atoms with Gasteiger partial charge in [0.2, 0.25) is 0 Å². The minimum absolute atomic E-state index is 0.133. The summed E-state index contributed by atoms with van der Waals surface area (Å²) in [5.74, 6) is -0.740. The van der Waals surface area contributed by atoms with Gasteiger partial charge in [-0.3, -0.25) is 4.79 Å². The van der Waals surface area contributed by atoms with Crippen LogP contribution in [0.3, 0.4) is 0 Å². The first-order valence-corrected chi connectivity index (χ1v) is 7.68. The Kier molecular flexibility index (Phi) is 6.28. The first kappa shape index (κ1) is 18.2. The maximum atomic E-state index is 12.1. The number of hydrogen-bond acceptors (Lipinski definition) is 5. The van der Waals surface area contributed by atoms with Gasteiger partial charge in [0.05, 0.1) is 19.2 Å². The molecule has 0 bridgehead atoms. The molecule has 2 rings (SSSR count). The molecule has 0 aliphatic carbocycles. The Hall–Kier alpha value is -3.15. The number of rotatable bonds is 6. The quantitative estimate of drug-likeness (QED) is 0.645. The molecule has 2 aromatic carbocycles. The second-order valence-corrected chi connectivity index (χ2v) is 5.36. The smallest absolute Gasteiger partial charge is 0.407 e. The van der Waals surface area contributed by atoms with Gasteiger partial charge in [0.15, 0.2) is 5.78 Å². The maximum absolute atomic E-state index is 12.1. The van der Waals surface area contributed by atoms with Crippen molar-refractivity contribution in [3.8, 4) is 0 Å². The molecule has 0 atom stereocenters. The predicted molar refractivity (Wildman–Crippen MR) is 91.5 cm³/mol. The molecule has 0 spiro atoms. The highest BCUT2D eigenvalue weighted by atomic mass is 16.5. The molecule has 1 amide bonds. The number of aryl methyl sites for hydroxylation is 1. The van der Waals surface area contributed by atoms with E-state index in [1.807, 2.05) is 30.3 Å². The van der Waals surface area contributed by atoms with Crippen LogP contribution in [-0.4, -0.2) is 31.5 Å². The molecule has 130 valence electrons. The summed E-state index contributed by atoms with van der Waals surface area (Å²) in [7, 11) is 1.30. The van der Waals surface area contributed by atoms with Gasteiger partial charge in [0, 0.05) is 5.56 Å². The Bertz CT molecular complexity index is 771. The highest BCUT2D eigenvalue weighted by molar-refractivity contribution is 6.00. The molecule has 25 heavy (non-hydrogen) atoms. The van der Waals surface area contributed by atoms with Crippen molar-refractivity contribution in [2.45, 2.75) is 13.5 Å². The van der Waals surface area contributed by atoms with Crippen LogP contribution in [0, 0.1) is 6.92 Å². The van der Waals surface area contributed by atoms with E-state index in [0.29, 0.717) is 16.7 Å². The minimum Gasteiger partial charge on any atom is -0.465 e. The number of nitrogens with one attached hydrogen (secondary N) is 1. The van der Waals surface area contributed by atoms with E-state index in [4.69, 9.17) is 4.74 Å². The first-order valence-electron chi connectivity index (χ1n) is 7.68. The summed E-state index contributed by atoms with van der Waals surface area (Å²) in [6, 6.07) is 13.9. The van der Waals surface area contributed by atoms with Crippen molar-refractivity contribution in [2.75, 3.05) is 13.7 Å². The van der Waals surface area contributed by atoms with Gasteiger partial charge in [0.1, 0.15) is 6.61 Å². The highest BCUT2D eigenvalue weighted by Gasteiger charge is 2.13. The van der Waals surface area contributed by atoms with E-state index in [-0.39, 0.29) is 18.9 Å². The Morgan fingerprint density at radius 2 is 1.76 bits per heavy atom. The predicted octanol–water partition coefficient (Wildman–Crippen LogP) is 2.89. The summed E-state index contributed by atoms with van der Waals surface area (Å²) in [6.07, 6.45) is -0.667. The molecule has 0 heterocycles. The molecule has 0 aliphatic heterocycles. The van der Waals surface area contributed by atoms with E-state index in [0.717, 1.165) is 5.56 Å². The summed E-state index contributed by atoms with van der Waals surface area (Å²) >= 11 is 0. The number of ketones is 1. The zero-order valence-corrected chi connectivity index (χ0v) is 14.1. The molecule has 0 radical (unpaired) electrons. The van der Waals surface area contributed by atoms with Gasteiger partial charge in [-0.25, -0.2) is 9.59 Å². The third-order valence-corrected chi connectivity index (χ3v) is 3.56. The van der Waals surface area contributed by atoms with E-state index in [2.05, 4.69) is 10.1 Å². The van der Waals surface area contributed by atoms with Crippen LogP contribution in [0.1, 0.15) is 31.8 Å². The molecule has 0 aliphatic rings. The van der Waals surface area contributed by atoms with Crippen LogP contribution in [0.4, 0.5) is 4.79 Å². The van der Waals surface area contributed by atoms with Gasteiger partial charge < -0.3 is 14.8 Å². The van der Waals surface area contributed by atoms with E-state index >= 15 is 0 Å². The summed E-state index contributed by atoms with van der Waals surface area (Å²) in [4.78, 5) is 35.3. The topological polar surface area (TPSA) is 81.7 Å². The fourth-order valence-corrected chi connectivity index (χ4v) is 2.20. The first-order chi connectivity index (χ1) is 12.0. The van der Waals surface area contributed by atoms with Gasteiger partial charge in [0.25, 0.3) is 0 Å². The van der Waals surface area contributed by atoms with Crippen molar-refractivity contribution in [2.24, 2.45) is 0 Å². The van der Waals surface area contributed by atoms with Gasteiger partial charge >= 0.3 is 12.1 Å². The molecule has 2 aromatic rings. The zero-order valence-electron chi connectivity index (χ0n) is 14.1. The van der Waals surface area contributed by atoms with Crippen LogP contribution in [0.2, 0.25) is 0 Å². The van der Waals surface area contributed by atoms with Crippen molar-refractivity contribution in [3.63, 3.8) is 0 Å². The lowest BCUT2D eigenvalue weighted by Gasteiger charge is -2.08. The van der Waals surface area contributed by atoms with E-state index in [9.17, 15) is 14.4 Å². The summed E-state index contributed by atoms with van der Waals surface area (Å²) in [5, 5.41) is 2.42. The number of Topliss-reactive ketones (excluding diaryl/α,β-unsaturated/α-hetero) is 1.